The van der Waals surface area contributed by atoms with Crippen LogP contribution in [0.2, 0.25) is 5.28 Å². The van der Waals surface area contributed by atoms with Crippen molar-refractivity contribution in [3.05, 3.63) is 46.5 Å². The second-order valence-electron chi connectivity index (χ2n) is 14.0. The molecule has 2 unspecified atom stereocenters. The van der Waals surface area contributed by atoms with Crippen molar-refractivity contribution >= 4 is 62.5 Å². The maximum absolute atomic E-state index is 12.7. The van der Waals surface area contributed by atoms with Gasteiger partial charge in [-0.25, -0.2) is 14.8 Å². The molecule has 0 bridgehead atoms. The summed E-state index contributed by atoms with van der Waals surface area (Å²) in [5.41, 5.74) is 3.46. The molecule has 9 rings (SSSR count). The predicted molar refractivity (Wildman–Crippen MR) is 200 cm³/mol. The highest BCUT2D eigenvalue weighted by Crippen LogP contribution is 2.45. The average molecular weight is 770 g/mol. The molecule has 1 spiro atoms. The number of nitrogens with one attached hydrogen (secondary N) is 3. The Kier molecular flexibility index (Phi) is 10.4. The number of anilines is 4. The van der Waals surface area contributed by atoms with Crippen molar-refractivity contribution in [3.63, 3.8) is 0 Å². The van der Waals surface area contributed by atoms with Gasteiger partial charge in [0.15, 0.2) is 0 Å². The van der Waals surface area contributed by atoms with Crippen LogP contribution in [0.15, 0.2) is 34.1 Å². The minimum absolute atomic E-state index is 0.0636. The Bertz CT molecular complexity index is 1880. The minimum Gasteiger partial charge on any atom is -0.381 e. The first-order valence-electron chi connectivity index (χ1n) is 18.1. The van der Waals surface area contributed by atoms with Gasteiger partial charge in [-0.05, 0) is 56.2 Å². The summed E-state index contributed by atoms with van der Waals surface area (Å²) in [5.74, 6) is 3.29. The zero-order valence-electron chi connectivity index (χ0n) is 29.2. The Hall–Kier alpha value is -3.44. The molecule has 3 N–H and O–H groups in total. The number of para-hydroxylation sites is 1. The van der Waals surface area contributed by atoms with E-state index in [1.807, 2.05) is 30.1 Å². The second kappa shape index (κ2) is 15.1. The highest BCUT2D eigenvalue weighted by molar-refractivity contribution is 7.85. The number of benzene rings is 1. The largest absolute Gasteiger partial charge is 0.381 e. The zero-order chi connectivity index (χ0) is 35.8. The van der Waals surface area contributed by atoms with Gasteiger partial charge in [0.05, 0.1) is 38.5 Å². The highest BCUT2D eigenvalue weighted by atomic mass is 35.5. The van der Waals surface area contributed by atoms with Crippen LogP contribution in [0.25, 0.3) is 0 Å². The lowest BCUT2D eigenvalue weighted by molar-refractivity contribution is 0.0902. The number of nitrogens with zero attached hydrogens (tertiary/aromatic N) is 6. The molecule has 3 fully saturated rings. The van der Waals surface area contributed by atoms with Crippen molar-refractivity contribution in [3.8, 4) is 0 Å². The van der Waals surface area contributed by atoms with Crippen LogP contribution in [-0.2, 0) is 49.5 Å². The summed E-state index contributed by atoms with van der Waals surface area (Å²) >= 11 is 5.91. The number of hydrogen-bond donors (Lipinski definition) is 3. The monoisotopic (exact) mass is 769 g/mol. The Morgan fingerprint density at radius 3 is 2.00 bits per heavy atom. The van der Waals surface area contributed by atoms with Gasteiger partial charge in [0.25, 0.3) is 0 Å². The number of carbonyl (C=O) groups is 1. The second-order valence-corrected chi connectivity index (χ2v) is 17.3. The first kappa shape index (κ1) is 35.6. The van der Waals surface area contributed by atoms with Crippen LogP contribution in [0, 0.1) is 0 Å². The molecule has 2 amide bonds. The van der Waals surface area contributed by atoms with Crippen LogP contribution in [-0.4, -0.2) is 109 Å². The summed E-state index contributed by atoms with van der Waals surface area (Å²) in [7, 11) is -0.170. The number of amides is 2. The molecule has 0 aliphatic carbocycles. The number of hydrogen-bond acceptors (Lipinski definition) is 12. The maximum Gasteiger partial charge on any atom is 0.322 e. The van der Waals surface area contributed by atoms with Crippen molar-refractivity contribution in [2.75, 3.05) is 78.9 Å². The van der Waals surface area contributed by atoms with Crippen LogP contribution in [0.5, 0.6) is 0 Å². The Balaban J connectivity index is 0.000000181. The van der Waals surface area contributed by atoms with Gasteiger partial charge in [-0.2, -0.15) is 9.97 Å². The van der Waals surface area contributed by atoms with E-state index in [-0.39, 0.29) is 22.9 Å². The van der Waals surface area contributed by atoms with Crippen molar-refractivity contribution in [1.82, 2.24) is 24.8 Å². The number of rotatable bonds is 5. The van der Waals surface area contributed by atoms with Gasteiger partial charge >= 0.3 is 6.03 Å². The number of aromatic nitrogens is 4. The first-order valence-corrected chi connectivity index (χ1v) is 21.1. The van der Waals surface area contributed by atoms with E-state index in [1.54, 1.807) is 0 Å². The summed E-state index contributed by atoms with van der Waals surface area (Å²) in [6, 6.07) is 8.62. The van der Waals surface area contributed by atoms with E-state index in [0.29, 0.717) is 42.2 Å². The lowest BCUT2D eigenvalue weighted by Gasteiger charge is -2.50. The third-order valence-electron chi connectivity index (χ3n) is 11.0. The fraction of sp³-hybridized carbons (Fsp3) is 0.571. The van der Waals surface area contributed by atoms with Gasteiger partial charge in [-0.1, -0.05) is 18.2 Å². The molecule has 278 valence electrons. The third kappa shape index (κ3) is 6.99. The third-order valence-corrected chi connectivity index (χ3v) is 14.0. The molecular weight excluding hydrogens is 726 g/mol. The quantitative estimate of drug-likeness (QED) is 0.319. The molecule has 3 aromatic rings. The van der Waals surface area contributed by atoms with Crippen LogP contribution in [0.4, 0.5) is 28.1 Å². The number of carbonyl (C=O) groups excluding carboxylic acids is 1. The summed E-state index contributed by atoms with van der Waals surface area (Å²) in [5, 5.41) is 10.1. The van der Waals surface area contributed by atoms with E-state index in [9.17, 15) is 13.2 Å². The molecule has 17 heteroatoms. The lowest BCUT2D eigenvalue weighted by Crippen LogP contribution is -2.57. The Morgan fingerprint density at radius 2 is 1.38 bits per heavy atom. The minimum atomic E-state index is -1.06. The maximum atomic E-state index is 12.7. The van der Waals surface area contributed by atoms with Crippen LogP contribution in [0.3, 0.4) is 0 Å². The van der Waals surface area contributed by atoms with Crippen LogP contribution >= 0.6 is 11.6 Å². The predicted octanol–water partition coefficient (Wildman–Crippen LogP) is 4.09. The van der Waals surface area contributed by atoms with Gasteiger partial charge < -0.3 is 35.2 Å². The normalized spacial score (nSPS) is 24.0. The summed E-state index contributed by atoms with van der Waals surface area (Å²) < 4.78 is 35.5. The van der Waals surface area contributed by atoms with Gasteiger partial charge in [0.1, 0.15) is 21.4 Å². The van der Waals surface area contributed by atoms with Gasteiger partial charge in [-0.3, -0.25) is 8.42 Å². The smallest absolute Gasteiger partial charge is 0.322 e. The molecule has 52 heavy (non-hydrogen) atoms. The van der Waals surface area contributed by atoms with Crippen molar-refractivity contribution in [1.29, 1.82) is 0 Å². The molecule has 3 saturated heterocycles. The van der Waals surface area contributed by atoms with Gasteiger partial charge in [-0.15, -0.1) is 0 Å². The van der Waals surface area contributed by atoms with Crippen LogP contribution in [0.1, 0.15) is 55.5 Å². The van der Waals surface area contributed by atoms with E-state index < -0.39 is 21.6 Å². The van der Waals surface area contributed by atoms with Crippen molar-refractivity contribution < 1.29 is 22.7 Å². The number of fused-ring (bicyclic) bond motifs is 4. The summed E-state index contributed by atoms with van der Waals surface area (Å²) in [6.07, 6.45) is 6.72. The number of halogens is 1. The fourth-order valence-corrected chi connectivity index (χ4v) is 10.8. The number of ether oxygens (including phenoxy) is 2. The molecule has 8 heterocycles. The first-order chi connectivity index (χ1) is 25.3. The van der Waals surface area contributed by atoms with E-state index in [1.165, 1.54) is 5.56 Å². The zero-order valence-corrected chi connectivity index (χ0v) is 31.6. The number of piperidine rings is 1. The summed E-state index contributed by atoms with van der Waals surface area (Å²) in [4.78, 5) is 36.4. The van der Waals surface area contributed by atoms with E-state index in [2.05, 4.69) is 36.9 Å². The highest BCUT2D eigenvalue weighted by Gasteiger charge is 2.46. The summed E-state index contributed by atoms with van der Waals surface area (Å²) in [6.45, 7) is 4.45. The molecule has 14 nitrogen and oxygen atoms in total. The fourth-order valence-electron chi connectivity index (χ4n) is 8.01. The lowest BCUT2D eigenvalue weighted by atomic mass is 9.77. The van der Waals surface area contributed by atoms with E-state index in [0.717, 1.165) is 111 Å². The van der Waals surface area contributed by atoms with Gasteiger partial charge in [0.2, 0.25) is 11.2 Å². The molecule has 6 aliphatic heterocycles. The molecule has 2 aromatic heterocycles. The molecule has 1 aromatic carbocycles. The molecule has 6 aliphatic rings. The van der Waals surface area contributed by atoms with Crippen molar-refractivity contribution in [2.24, 2.45) is 0 Å². The van der Waals surface area contributed by atoms with E-state index >= 15 is 0 Å². The topological polar surface area (TPSA) is 164 Å². The Morgan fingerprint density at radius 1 is 0.827 bits per heavy atom. The Labute approximate surface area is 313 Å². The molecule has 2 atom stereocenters. The molecule has 0 radical (unpaired) electrons. The average Bonchev–Trinajstić information content (AvgIpc) is 3.73. The standard InChI is InChI=1S/C24H30N6O3S.C11H14ClN3O2S/c1-29-23(31)27-18-5-3-2-4-17(18)24(29)9-11-30(12-10-24)22-26-19-8-15-34(32)20(19)21(28-22)25-16-6-13-33-14-7-16;12-11-14-8-3-6-18(16)9(8)10(15-11)13-7-1-4-17-5-2-7/h2-5,16H,6-15H2,1H3,(H,27,31)(H,25,26,28);7H,1-6H2,(H,13,14,15). The van der Waals surface area contributed by atoms with Crippen molar-refractivity contribution in [2.45, 2.75) is 78.8 Å². The number of urea groups is 1. The molecule has 0 saturated carbocycles. The number of aryl methyl sites for hydroxylation is 2. The SMILES string of the molecule is CN1C(=O)Nc2ccccc2C12CCN(c1nc3c(c(NC4CCOCC4)n1)S(=O)CC3)CC2.O=S1CCc2nc(Cl)nc(NC3CCOCC3)c21. The van der Waals surface area contributed by atoms with Crippen LogP contribution < -0.4 is 20.9 Å². The van der Waals surface area contributed by atoms with E-state index in [4.69, 9.17) is 31.0 Å². The molecular formula is C35H44ClN9O5S2. The van der Waals surface area contributed by atoms with Gasteiger partial charge in [0, 0.05) is 94.2 Å².